The molecule has 0 aromatic carbocycles. The first-order valence-electron chi connectivity index (χ1n) is 8.06. The van der Waals surface area contributed by atoms with Crippen LogP contribution in [-0.4, -0.2) is 89.2 Å². The van der Waals surface area contributed by atoms with Gasteiger partial charge in [0.2, 0.25) is 0 Å². The molecule has 0 atom stereocenters. The average Bonchev–Trinajstić information content (AvgIpc) is 2.54. The SMILES string of the molecule is S=C([S-])N1CCCN(C(=S)[S-])CCN(C(=S)[S-])CCCN(C(=S)[S-])CC1.[Na+].[Na+].[Na+].[Na+]. The zero-order valence-corrected chi connectivity index (χ0v) is 32.7. The molecule has 0 N–H and O–H groups in total. The first kappa shape index (κ1) is 41.6. The van der Waals surface area contributed by atoms with Crippen molar-refractivity contribution in [2.45, 2.75) is 12.8 Å². The second kappa shape index (κ2) is 23.8. The molecule has 148 valence electrons. The molecule has 16 heteroatoms. The van der Waals surface area contributed by atoms with Gasteiger partial charge in [0, 0.05) is 52.4 Å². The molecule has 1 fully saturated rings. The topological polar surface area (TPSA) is 13.0 Å². The van der Waals surface area contributed by atoms with E-state index < -0.39 is 0 Å². The molecule has 0 radical (unpaired) electrons. The molecule has 1 aliphatic rings. The van der Waals surface area contributed by atoms with Gasteiger partial charge in [0.15, 0.2) is 0 Å². The number of hydrogen-bond donors (Lipinski definition) is 0. The first-order valence-corrected chi connectivity index (χ1v) is 11.3. The van der Waals surface area contributed by atoms with Crippen molar-refractivity contribution in [1.29, 1.82) is 0 Å². The van der Waals surface area contributed by atoms with Crippen LogP contribution in [0.25, 0.3) is 0 Å². The Morgan fingerprint density at radius 1 is 0.400 bits per heavy atom. The van der Waals surface area contributed by atoms with Crippen LogP contribution < -0.4 is 118 Å². The predicted molar refractivity (Wildman–Crippen MR) is 135 cm³/mol. The van der Waals surface area contributed by atoms with Gasteiger partial charge in [-0.3, -0.25) is 0 Å². The average molecular weight is 593 g/mol. The molecule has 0 spiro atoms. The summed E-state index contributed by atoms with van der Waals surface area (Å²) in [5.74, 6) is 0. The van der Waals surface area contributed by atoms with E-state index in [-0.39, 0.29) is 118 Å². The molecule has 1 saturated heterocycles. The van der Waals surface area contributed by atoms with Crippen LogP contribution in [0.5, 0.6) is 0 Å². The third-order valence-electron chi connectivity index (χ3n) is 4.02. The molecule has 30 heavy (non-hydrogen) atoms. The second-order valence-corrected chi connectivity index (χ2v) is 9.85. The van der Waals surface area contributed by atoms with Crippen LogP contribution in [0.3, 0.4) is 0 Å². The Labute approximate surface area is 313 Å². The minimum absolute atomic E-state index is 0. The molecule has 1 rings (SSSR count). The molecule has 1 heterocycles. The Hall–Kier alpha value is 4.44. The predicted octanol–water partition coefficient (Wildman–Crippen LogP) is -10.7. The maximum atomic E-state index is 5.21. The van der Waals surface area contributed by atoms with E-state index in [1.165, 1.54) is 0 Å². The summed E-state index contributed by atoms with van der Waals surface area (Å²) in [5, 5.41) is 0. The Bertz CT molecular complexity index is 456. The van der Waals surface area contributed by atoms with Gasteiger partial charge in [-0.2, -0.15) is 0 Å². The van der Waals surface area contributed by atoms with Crippen molar-refractivity contribution in [1.82, 2.24) is 19.6 Å². The Morgan fingerprint density at radius 2 is 0.567 bits per heavy atom. The molecule has 0 unspecified atom stereocenters. The van der Waals surface area contributed by atoms with E-state index >= 15 is 0 Å². The van der Waals surface area contributed by atoms with Crippen molar-refractivity contribution in [2.24, 2.45) is 0 Å². The van der Waals surface area contributed by atoms with Crippen molar-refractivity contribution in [2.75, 3.05) is 52.4 Å². The number of nitrogens with zero attached hydrogens (tertiary/aromatic N) is 4. The Kier molecular flexibility index (Phi) is 33.0. The van der Waals surface area contributed by atoms with Crippen LogP contribution in [0.1, 0.15) is 12.8 Å². The van der Waals surface area contributed by atoms with Gasteiger partial charge in [0.25, 0.3) is 0 Å². The molecule has 4 nitrogen and oxygen atoms in total. The fourth-order valence-corrected chi connectivity index (χ4v) is 4.03. The summed E-state index contributed by atoms with van der Waals surface area (Å²) in [5.41, 5.74) is 0. The van der Waals surface area contributed by atoms with E-state index in [4.69, 9.17) is 99.4 Å². The third kappa shape index (κ3) is 17.8. The molecule has 0 aromatic rings. The standard InChI is InChI=1S/C14H24N4S8.4Na/c19-11(20)15-3-1-4-16(12(21)22)8-10-18(14(25)26)6-2-5-17(9-7-15)13(23)24;;;;/h1-10H2,(H,19,20)(H,21,22)(H,23,24)(H,25,26);;;;/q;4*+1/p-4. The maximum Gasteiger partial charge on any atom is 1.00 e. The van der Waals surface area contributed by atoms with Crippen LogP contribution >= 0.6 is 48.9 Å². The minimum Gasteiger partial charge on any atom is -0.411 e. The molecule has 0 saturated carbocycles. The minimum atomic E-state index is 0. The van der Waals surface area contributed by atoms with Gasteiger partial charge in [0.1, 0.15) is 0 Å². The molecule has 0 aliphatic carbocycles. The van der Waals surface area contributed by atoms with Gasteiger partial charge in [0.05, 0.1) is 0 Å². The Morgan fingerprint density at radius 3 is 0.700 bits per heavy atom. The van der Waals surface area contributed by atoms with E-state index in [0.717, 1.165) is 39.0 Å². The Balaban J connectivity index is -0.000000845. The quantitative estimate of drug-likeness (QED) is 0.151. The van der Waals surface area contributed by atoms with Gasteiger partial charge in [-0.1, -0.05) is 17.3 Å². The van der Waals surface area contributed by atoms with E-state index in [0.29, 0.717) is 43.5 Å². The fourth-order valence-electron chi connectivity index (χ4n) is 2.57. The zero-order chi connectivity index (χ0) is 19.7. The summed E-state index contributed by atoms with van der Waals surface area (Å²) in [6, 6.07) is 0. The van der Waals surface area contributed by atoms with Crippen molar-refractivity contribution < 1.29 is 118 Å². The summed E-state index contributed by atoms with van der Waals surface area (Å²) >= 11 is 41.7. The van der Waals surface area contributed by atoms with Crippen molar-refractivity contribution in [3.05, 3.63) is 0 Å². The van der Waals surface area contributed by atoms with Crippen LogP contribution in [0.15, 0.2) is 0 Å². The molecule has 0 bridgehead atoms. The second-order valence-electron chi connectivity index (χ2n) is 5.72. The molecular weight excluding hydrogens is 573 g/mol. The first-order chi connectivity index (χ1) is 12.2. The number of hydrogen-bond acceptors (Lipinski definition) is 8. The summed E-state index contributed by atoms with van der Waals surface area (Å²) in [4.78, 5) is 8.03. The monoisotopic (exact) mass is 592 g/mol. The number of thiocarbonyl (C=S) groups is 4. The van der Waals surface area contributed by atoms with Crippen LogP contribution in [-0.2, 0) is 50.5 Å². The summed E-state index contributed by atoms with van der Waals surface area (Å²) < 4.78 is 1.84. The normalized spacial score (nSPS) is 15.7. The van der Waals surface area contributed by atoms with Crippen molar-refractivity contribution in [3.63, 3.8) is 0 Å². The van der Waals surface area contributed by atoms with Crippen LogP contribution in [0.2, 0.25) is 0 Å². The van der Waals surface area contributed by atoms with Crippen LogP contribution in [0.4, 0.5) is 0 Å². The zero-order valence-electron chi connectivity index (χ0n) is 18.1. The van der Waals surface area contributed by atoms with Crippen LogP contribution in [0, 0.1) is 0 Å². The van der Waals surface area contributed by atoms with Gasteiger partial charge in [-0.25, -0.2) is 0 Å². The maximum absolute atomic E-state index is 5.21. The van der Waals surface area contributed by atoms with E-state index in [2.05, 4.69) is 0 Å². The van der Waals surface area contributed by atoms with E-state index in [9.17, 15) is 0 Å². The molecule has 0 amide bonds. The van der Waals surface area contributed by atoms with E-state index in [1.54, 1.807) is 0 Å². The van der Waals surface area contributed by atoms with Gasteiger partial charge in [-0.15, -0.1) is 0 Å². The van der Waals surface area contributed by atoms with Crippen molar-refractivity contribution >= 4 is 117 Å². The largest absolute Gasteiger partial charge is 1.00 e. The van der Waals surface area contributed by atoms with Gasteiger partial charge < -0.3 is 119 Å². The van der Waals surface area contributed by atoms with Gasteiger partial charge in [-0.05, 0) is 12.8 Å². The smallest absolute Gasteiger partial charge is 0.411 e. The molecule has 1 aliphatic heterocycles. The molecule has 0 aromatic heterocycles. The summed E-state index contributed by atoms with van der Waals surface area (Å²) in [6.45, 7) is 5.77. The van der Waals surface area contributed by atoms with Gasteiger partial charge >= 0.3 is 118 Å². The summed E-state index contributed by atoms with van der Waals surface area (Å²) in [6.07, 6.45) is 1.70. The summed E-state index contributed by atoms with van der Waals surface area (Å²) in [7, 11) is 0. The van der Waals surface area contributed by atoms with Crippen molar-refractivity contribution in [3.8, 4) is 0 Å². The fraction of sp³-hybridized carbons (Fsp3) is 0.714. The van der Waals surface area contributed by atoms with E-state index in [1.807, 2.05) is 19.6 Å². The molecular formula is C14H20N4Na4S8. The third-order valence-corrected chi connectivity index (χ3v) is 6.09. The number of rotatable bonds is 0.